The molecule has 2 aliphatic heterocycles. The molecule has 3 heteroatoms. The van der Waals surface area contributed by atoms with Gasteiger partial charge in [0.15, 0.2) is 0 Å². The SMILES string of the molecule is Cc1cccc2c1N(C(=O)C1CCNC1)CCC2. The number of nitrogens with one attached hydrogen (secondary N) is 1. The van der Waals surface area contributed by atoms with Crippen molar-refractivity contribution in [2.24, 2.45) is 5.92 Å². The molecular weight excluding hydrogens is 224 g/mol. The third-order valence-electron chi connectivity index (χ3n) is 4.09. The van der Waals surface area contributed by atoms with E-state index < -0.39 is 0 Å². The van der Waals surface area contributed by atoms with E-state index in [9.17, 15) is 4.79 Å². The minimum absolute atomic E-state index is 0.176. The molecule has 1 N–H and O–H groups in total. The first-order chi connectivity index (χ1) is 8.77. The minimum Gasteiger partial charge on any atom is -0.316 e. The second kappa shape index (κ2) is 4.73. The third kappa shape index (κ3) is 1.93. The molecule has 2 aliphatic rings. The van der Waals surface area contributed by atoms with Crippen LogP contribution in [0.15, 0.2) is 18.2 Å². The number of hydrogen-bond donors (Lipinski definition) is 1. The smallest absolute Gasteiger partial charge is 0.231 e. The Hall–Kier alpha value is -1.35. The van der Waals surface area contributed by atoms with Gasteiger partial charge in [0.25, 0.3) is 0 Å². The van der Waals surface area contributed by atoms with Crippen molar-refractivity contribution < 1.29 is 4.79 Å². The lowest BCUT2D eigenvalue weighted by Crippen LogP contribution is -2.40. The molecule has 1 fully saturated rings. The van der Waals surface area contributed by atoms with E-state index in [1.807, 2.05) is 4.90 Å². The van der Waals surface area contributed by atoms with Gasteiger partial charge in [-0.15, -0.1) is 0 Å². The maximum atomic E-state index is 12.6. The number of hydrogen-bond acceptors (Lipinski definition) is 2. The van der Waals surface area contributed by atoms with Gasteiger partial charge < -0.3 is 10.2 Å². The van der Waals surface area contributed by atoms with E-state index in [0.29, 0.717) is 5.91 Å². The van der Waals surface area contributed by atoms with Crippen LogP contribution < -0.4 is 10.2 Å². The molecule has 0 radical (unpaired) electrons. The Morgan fingerprint density at radius 1 is 1.44 bits per heavy atom. The minimum atomic E-state index is 0.176. The van der Waals surface area contributed by atoms with Crippen molar-refractivity contribution in [2.45, 2.75) is 26.2 Å². The van der Waals surface area contributed by atoms with E-state index in [4.69, 9.17) is 0 Å². The van der Waals surface area contributed by atoms with Crippen molar-refractivity contribution >= 4 is 11.6 Å². The molecule has 1 atom stereocenters. The lowest BCUT2D eigenvalue weighted by molar-refractivity contribution is -0.121. The highest BCUT2D eigenvalue weighted by atomic mass is 16.2. The quantitative estimate of drug-likeness (QED) is 0.818. The van der Waals surface area contributed by atoms with Gasteiger partial charge in [-0.2, -0.15) is 0 Å². The standard InChI is InChI=1S/C15H20N2O/c1-11-4-2-5-12-6-3-9-17(14(11)12)15(18)13-7-8-16-10-13/h2,4-5,13,16H,3,6-10H2,1H3. The van der Waals surface area contributed by atoms with Gasteiger partial charge in [-0.25, -0.2) is 0 Å². The average molecular weight is 244 g/mol. The predicted octanol–water partition coefficient (Wildman–Crippen LogP) is 1.88. The van der Waals surface area contributed by atoms with Crippen molar-refractivity contribution in [2.75, 3.05) is 24.5 Å². The summed E-state index contributed by atoms with van der Waals surface area (Å²) in [5.41, 5.74) is 3.74. The molecule has 3 nitrogen and oxygen atoms in total. The van der Waals surface area contributed by atoms with Crippen molar-refractivity contribution in [3.8, 4) is 0 Å². The Labute approximate surface area is 108 Å². The molecule has 1 saturated heterocycles. The summed E-state index contributed by atoms with van der Waals surface area (Å²) in [6.07, 6.45) is 3.17. The van der Waals surface area contributed by atoms with Gasteiger partial charge in [0.1, 0.15) is 0 Å². The summed E-state index contributed by atoms with van der Waals surface area (Å²) in [6, 6.07) is 6.37. The number of nitrogens with zero attached hydrogens (tertiary/aromatic N) is 1. The molecule has 0 saturated carbocycles. The number of benzene rings is 1. The van der Waals surface area contributed by atoms with Crippen molar-refractivity contribution in [1.82, 2.24) is 5.32 Å². The van der Waals surface area contributed by atoms with Crippen LogP contribution in [0, 0.1) is 12.8 Å². The molecule has 1 unspecified atom stereocenters. The number of para-hydroxylation sites is 1. The second-order valence-corrected chi connectivity index (χ2v) is 5.37. The highest BCUT2D eigenvalue weighted by Gasteiger charge is 2.31. The topological polar surface area (TPSA) is 32.3 Å². The number of amides is 1. The number of carbonyl (C=O) groups is 1. The molecule has 0 spiro atoms. The maximum absolute atomic E-state index is 12.6. The normalized spacial score (nSPS) is 22.9. The molecule has 96 valence electrons. The fraction of sp³-hybridized carbons (Fsp3) is 0.533. The lowest BCUT2D eigenvalue weighted by Gasteiger charge is -2.32. The van der Waals surface area contributed by atoms with E-state index in [0.717, 1.165) is 38.9 Å². The van der Waals surface area contributed by atoms with E-state index in [1.165, 1.54) is 16.8 Å². The number of rotatable bonds is 1. The number of aryl methyl sites for hydroxylation is 2. The Balaban J connectivity index is 1.93. The van der Waals surface area contributed by atoms with E-state index in [1.54, 1.807) is 0 Å². The molecule has 0 aromatic heterocycles. The van der Waals surface area contributed by atoms with Crippen LogP contribution in [0.1, 0.15) is 24.0 Å². The summed E-state index contributed by atoms with van der Waals surface area (Å²) in [6.45, 7) is 4.81. The number of fused-ring (bicyclic) bond motifs is 1. The van der Waals surface area contributed by atoms with Crippen LogP contribution in [-0.4, -0.2) is 25.5 Å². The molecule has 3 rings (SSSR count). The third-order valence-corrected chi connectivity index (χ3v) is 4.09. The van der Waals surface area contributed by atoms with E-state index >= 15 is 0 Å². The fourth-order valence-electron chi connectivity index (χ4n) is 3.15. The number of anilines is 1. The van der Waals surface area contributed by atoms with Gasteiger partial charge in [0.05, 0.1) is 5.92 Å². The molecule has 0 aliphatic carbocycles. The average Bonchev–Trinajstić information content (AvgIpc) is 2.91. The zero-order chi connectivity index (χ0) is 12.5. The van der Waals surface area contributed by atoms with Gasteiger partial charge >= 0.3 is 0 Å². The monoisotopic (exact) mass is 244 g/mol. The second-order valence-electron chi connectivity index (χ2n) is 5.37. The van der Waals surface area contributed by atoms with Crippen molar-refractivity contribution in [3.05, 3.63) is 29.3 Å². The zero-order valence-electron chi connectivity index (χ0n) is 10.9. The van der Waals surface area contributed by atoms with Crippen LogP contribution in [-0.2, 0) is 11.2 Å². The largest absolute Gasteiger partial charge is 0.316 e. The summed E-state index contributed by atoms with van der Waals surface area (Å²) in [5, 5.41) is 3.28. The first-order valence-corrected chi connectivity index (χ1v) is 6.88. The molecule has 1 amide bonds. The highest BCUT2D eigenvalue weighted by Crippen LogP contribution is 2.32. The molecule has 1 aromatic carbocycles. The summed E-state index contributed by atoms with van der Waals surface area (Å²) in [7, 11) is 0. The van der Waals surface area contributed by atoms with Crippen LogP contribution in [0.2, 0.25) is 0 Å². The molecule has 18 heavy (non-hydrogen) atoms. The Kier molecular flexibility index (Phi) is 3.08. The zero-order valence-corrected chi connectivity index (χ0v) is 10.9. The van der Waals surface area contributed by atoms with Crippen LogP contribution in [0.5, 0.6) is 0 Å². The predicted molar refractivity (Wildman–Crippen MR) is 72.8 cm³/mol. The van der Waals surface area contributed by atoms with Gasteiger partial charge in [0.2, 0.25) is 5.91 Å². The fourth-order valence-corrected chi connectivity index (χ4v) is 3.15. The van der Waals surface area contributed by atoms with Gasteiger partial charge in [0, 0.05) is 18.8 Å². The van der Waals surface area contributed by atoms with E-state index in [-0.39, 0.29) is 5.92 Å². The summed E-state index contributed by atoms with van der Waals surface area (Å²) < 4.78 is 0. The summed E-state index contributed by atoms with van der Waals surface area (Å²) >= 11 is 0. The maximum Gasteiger partial charge on any atom is 0.231 e. The Morgan fingerprint density at radius 2 is 2.33 bits per heavy atom. The molecular formula is C15H20N2O. The summed E-state index contributed by atoms with van der Waals surface area (Å²) in [5.74, 6) is 0.491. The molecule has 2 heterocycles. The summed E-state index contributed by atoms with van der Waals surface area (Å²) in [4.78, 5) is 14.6. The van der Waals surface area contributed by atoms with Gasteiger partial charge in [-0.1, -0.05) is 18.2 Å². The number of carbonyl (C=O) groups excluding carboxylic acids is 1. The van der Waals surface area contributed by atoms with Crippen molar-refractivity contribution in [3.63, 3.8) is 0 Å². The van der Waals surface area contributed by atoms with Crippen LogP contribution in [0.4, 0.5) is 5.69 Å². The van der Waals surface area contributed by atoms with E-state index in [2.05, 4.69) is 30.4 Å². The van der Waals surface area contributed by atoms with Crippen LogP contribution in [0.25, 0.3) is 0 Å². The van der Waals surface area contributed by atoms with Crippen molar-refractivity contribution in [1.29, 1.82) is 0 Å². The highest BCUT2D eigenvalue weighted by molar-refractivity contribution is 5.97. The first-order valence-electron chi connectivity index (χ1n) is 6.88. The molecule has 1 aromatic rings. The Bertz CT molecular complexity index is 464. The van der Waals surface area contributed by atoms with Gasteiger partial charge in [-0.3, -0.25) is 4.79 Å². The lowest BCUT2D eigenvalue weighted by atomic mass is 9.96. The molecule has 0 bridgehead atoms. The van der Waals surface area contributed by atoms with Crippen LogP contribution >= 0.6 is 0 Å². The van der Waals surface area contributed by atoms with Crippen LogP contribution in [0.3, 0.4) is 0 Å². The first kappa shape index (κ1) is 11.7. The Morgan fingerprint density at radius 3 is 3.11 bits per heavy atom. The van der Waals surface area contributed by atoms with Gasteiger partial charge in [-0.05, 0) is 43.9 Å².